The van der Waals surface area contributed by atoms with Crippen molar-refractivity contribution in [2.24, 2.45) is 0 Å². The van der Waals surface area contributed by atoms with Gasteiger partial charge in [-0.3, -0.25) is 0 Å². The van der Waals surface area contributed by atoms with Crippen LogP contribution in [0.25, 0.3) is 0 Å². The number of benzene rings is 1. The molecular formula is C13H19NO. The third-order valence-electron chi connectivity index (χ3n) is 3.00. The SMILES string of the molecule is Cc1ccc(C(C)CNC2COC2)cc1. The molecule has 2 nitrogen and oxygen atoms in total. The van der Waals surface area contributed by atoms with Gasteiger partial charge in [0.1, 0.15) is 0 Å². The van der Waals surface area contributed by atoms with Crippen LogP contribution >= 0.6 is 0 Å². The summed E-state index contributed by atoms with van der Waals surface area (Å²) in [6.45, 7) is 7.17. The van der Waals surface area contributed by atoms with E-state index in [1.54, 1.807) is 0 Å². The molecule has 1 aromatic carbocycles. The minimum Gasteiger partial charge on any atom is -0.378 e. The summed E-state index contributed by atoms with van der Waals surface area (Å²) in [7, 11) is 0. The van der Waals surface area contributed by atoms with Crippen molar-refractivity contribution >= 4 is 0 Å². The highest BCUT2D eigenvalue weighted by Gasteiger charge is 2.18. The lowest BCUT2D eigenvalue weighted by Crippen LogP contribution is -2.47. The second-order valence-electron chi connectivity index (χ2n) is 4.45. The Balaban J connectivity index is 1.83. The zero-order valence-electron chi connectivity index (χ0n) is 9.49. The van der Waals surface area contributed by atoms with E-state index in [2.05, 4.69) is 43.4 Å². The van der Waals surface area contributed by atoms with E-state index < -0.39 is 0 Å². The zero-order valence-corrected chi connectivity index (χ0v) is 9.49. The molecule has 1 saturated heterocycles. The first-order chi connectivity index (χ1) is 7.25. The summed E-state index contributed by atoms with van der Waals surface area (Å²) in [6, 6.07) is 9.38. The molecule has 0 bridgehead atoms. The smallest absolute Gasteiger partial charge is 0.0643 e. The van der Waals surface area contributed by atoms with Gasteiger partial charge in [-0.05, 0) is 18.4 Å². The Kier molecular flexibility index (Phi) is 3.39. The summed E-state index contributed by atoms with van der Waals surface area (Å²) < 4.78 is 5.13. The Morgan fingerprint density at radius 1 is 1.33 bits per heavy atom. The van der Waals surface area contributed by atoms with Gasteiger partial charge in [0, 0.05) is 6.54 Å². The second-order valence-corrected chi connectivity index (χ2v) is 4.45. The van der Waals surface area contributed by atoms with Crippen molar-refractivity contribution in [3.05, 3.63) is 35.4 Å². The van der Waals surface area contributed by atoms with E-state index in [0.717, 1.165) is 19.8 Å². The number of nitrogens with one attached hydrogen (secondary N) is 1. The Bertz CT molecular complexity index is 303. The molecule has 1 aliphatic heterocycles. The van der Waals surface area contributed by atoms with E-state index >= 15 is 0 Å². The molecule has 1 N–H and O–H groups in total. The maximum atomic E-state index is 5.13. The number of rotatable bonds is 4. The summed E-state index contributed by atoms with van der Waals surface area (Å²) in [6.07, 6.45) is 0. The van der Waals surface area contributed by atoms with Crippen molar-refractivity contribution in [1.29, 1.82) is 0 Å². The number of hydrogen-bond acceptors (Lipinski definition) is 2. The number of ether oxygens (including phenoxy) is 1. The quantitative estimate of drug-likeness (QED) is 0.812. The fraction of sp³-hybridized carbons (Fsp3) is 0.538. The maximum Gasteiger partial charge on any atom is 0.0643 e. The van der Waals surface area contributed by atoms with Crippen LogP contribution < -0.4 is 5.32 Å². The highest BCUT2D eigenvalue weighted by Crippen LogP contribution is 2.15. The van der Waals surface area contributed by atoms with Gasteiger partial charge in [-0.25, -0.2) is 0 Å². The fourth-order valence-corrected chi connectivity index (χ4v) is 1.71. The number of aryl methyl sites for hydroxylation is 1. The van der Waals surface area contributed by atoms with E-state index in [0.29, 0.717) is 12.0 Å². The van der Waals surface area contributed by atoms with Crippen molar-refractivity contribution in [2.75, 3.05) is 19.8 Å². The average Bonchev–Trinajstić information content (AvgIpc) is 2.16. The minimum atomic E-state index is 0.575. The van der Waals surface area contributed by atoms with Crippen LogP contribution in [0.2, 0.25) is 0 Å². The van der Waals surface area contributed by atoms with E-state index in [9.17, 15) is 0 Å². The molecule has 1 aliphatic rings. The van der Waals surface area contributed by atoms with Crippen molar-refractivity contribution in [3.8, 4) is 0 Å². The van der Waals surface area contributed by atoms with E-state index in [4.69, 9.17) is 4.74 Å². The Labute approximate surface area is 91.6 Å². The maximum absolute atomic E-state index is 5.13. The van der Waals surface area contributed by atoms with Gasteiger partial charge < -0.3 is 10.1 Å². The van der Waals surface area contributed by atoms with E-state index in [1.165, 1.54) is 11.1 Å². The topological polar surface area (TPSA) is 21.3 Å². The highest BCUT2D eigenvalue weighted by molar-refractivity contribution is 5.24. The molecule has 82 valence electrons. The van der Waals surface area contributed by atoms with Crippen LogP contribution in [-0.2, 0) is 4.74 Å². The van der Waals surface area contributed by atoms with Crippen LogP contribution in [0.5, 0.6) is 0 Å². The van der Waals surface area contributed by atoms with E-state index in [1.807, 2.05) is 0 Å². The van der Waals surface area contributed by atoms with Gasteiger partial charge in [0.2, 0.25) is 0 Å². The first-order valence-corrected chi connectivity index (χ1v) is 5.63. The Morgan fingerprint density at radius 2 is 2.00 bits per heavy atom. The third kappa shape index (κ3) is 2.80. The lowest BCUT2D eigenvalue weighted by molar-refractivity contribution is -0.00530. The summed E-state index contributed by atoms with van der Waals surface area (Å²) in [5, 5.41) is 3.51. The summed E-state index contributed by atoms with van der Waals surface area (Å²) in [5.74, 6) is 0.575. The van der Waals surface area contributed by atoms with Gasteiger partial charge in [0.05, 0.1) is 19.3 Å². The lowest BCUT2D eigenvalue weighted by Gasteiger charge is -2.28. The first kappa shape index (κ1) is 10.7. The molecule has 1 unspecified atom stereocenters. The molecule has 1 aromatic rings. The summed E-state index contributed by atoms with van der Waals surface area (Å²) >= 11 is 0. The molecule has 0 aromatic heterocycles. The third-order valence-corrected chi connectivity index (χ3v) is 3.00. The summed E-state index contributed by atoms with van der Waals surface area (Å²) in [5.41, 5.74) is 2.74. The van der Waals surface area contributed by atoms with Crippen LogP contribution in [0.15, 0.2) is 24.3 Å². The van der Waals surface area contributed by atoms with Crippen LogP contribution in [0.1, 0.15) is 24.0 Å². The molecule has 1 atom stereocenters. The van der Waals surface area contributed by atoms with Gasteiger partial charge in [-0.15, -0.1) is 0 Å². The zero-order chi connectivity index (χ0) is 10.7. The van der Waals surface area contributed by atoms with Crippen molar-refractivity contribution in [3.63, 3.8) is 0 Å². The Hall–Kier alpha value is -0.860. The fourth-order valence-electron chi connectivity index (χ4n) is 1.71. The van der Waals surface area contributed by atoms with Crippen molar-refractivity contribution in [2.45, 2.75) is 25.8 Å². The molecule has 0 saturated carbocycles. The molecule has 1 fully saturated rings. The first-order valence-electron chi connectivity index (χ1n) is 5.63. The van der Waals surface area contributed by atoms with Gasteiger partial charge in [-0.1, -0.05) is 36.8 Å². The minimum absolute atomic E-state index is 0.575. The molecule has 2 heteroatoms. The molecule has 1 heterocycles. The van der Waals surface area contributed by atoms with Crippen LogP contribution in [0, 0.1) is 6.92 Å². The van der Waals surface area contributed by atoms with Crippen LogP contribution in [0.3, 0.4) is 0 Å². The molecule has 0 spiro atoms. The standard InChI is InChI=1S/C13H19NO/c1-10-3-5-12(6-4-10)11(2)7-14-13-8-15-9-13/h3-6,11,13-14H,7-9H2,1-2H3. The normalized spacial score (nSPS) is 18.5. The molecule has 0 radical (unpaired) electrons. The Morgan fingerprint density at radius 3 is 2.53 bits per heavy atom. The molecule has 0 amide bonds. The molecular weight excluding hydrogens is 186 g/mol. The predicted octanol–water partition coefficient (Wildman–Crippen LogP) is 2.09. The van der Waals surface area contributed by atoms with Crippen molar-refractivity contribution < 1.29 is 4.74 Å². The largest absolute Gasteiger partial charge is 0.378 e. The van der Waals surface area contributed by atoms with Gasteiger partial charge in [-0.2, -0.15) is 0 Å². The molecule has 2 rings (SSSR count). The monoisotopic (exact) mass is 205 g/mol. The van der Waals surface area contributed by atoms with E-state index in [-0.39, 0.29) is 0 Å². The van der Waals surface area contributed by atoms with Gasteiger partial charge in [0.25, 0.3) is 0 Å². The van der Waals surface area contributed by atoms with Gasteiger partial charge >= 0.3 is 0 Å². The molecule has 15 heavy (non-hydrogen) atoms. The predicted molar refractivity (Wildman–Crippen MR) is 62.2 cm³/mol. The summed E-state index contributed by atoms with van der Waals surface area (Å²) in [4.78, 5) is 0. The second kappa shape index (κ2) is 4.77. The molecule has 0 aliphatic carbocycles. The van der Waals surface area contributed by atoms with Gasteiger partial charge in [0.15, 0.2) is 0 Å². The van der Waals surface area contributed by atoms with Crippen molar-refractivity contribution in [1.82, 2.24) is 5.32 Å². The number of hydrogen-bond donors (Lipinski definition) is 1. The van der Waals surface area contributed by atoms with Crippen LogP contribution in [-0.4, -0.2) is 25.8 Å². The lowest BCUT2D eigenvalue weighted by atomic mass is 9.99. The van der Waals surface area contributed by atoms with Crippen LogP contribution in [0.4, 0.5) is 0 Å². The average molecular weight is 205 g/mol. The highest BCUT2D eigenvalue weighted by atomic mass is 16.5.